The van der Waals surface area contributed by atoms with E-state index in [-0.39, 0.29) is 0 Å². The Bertz CT molecular complexity index is 130. The average Bonchev–Trinajstić information content (AvgIpc) is 2.16. The van der Waals surface area contributed by atoms with Crippen LogP contribution in [0.1, 0.15) is 54.4 Å². The third kappa shape index (κ3) is 3.61. The molecule has 14 heavy (non-hydrogen) atoms. The van der Waals surface area contributed by atoms with Crippen molar-refractivity contribution in [1.82, 2.24) is 4.90 Å². The van der Waals surface area contributed by atoms with Gasteiger partial charge in [-0.25, -0.2) is 0 Å². The summed E-state index contributed by atoms with van der Waals surface area (Å²) in [5, 5.41) is 0. The molecule has 1 aliphatic rings. The van der Waals surface area contributed by atoms with Crippen molar-refractivity contribution in [3.63, 3.8) is 0 Å². The molecule has 0 saturated carbocycles. The van der Waals surface area contributed by atoms with Crippen molar-refractivity contribution in [2.75, 3.05) is 7.05 Å². The van der Waals surface area contributed by atoms with Gasteiger partial charge in [-0.2, -0.15) is 0 Å². The van der Waals surface area contributed by atoms with Gasteiger partial charge in [-0.1, -0.05) is 27.7 Å². The van der Waals surface area contributed by atoms with Crippen molar-refractivity contribution in [2.45, 2.75) is 66.5 Å². The van der Waals surface area contributed by atoms with Gasteiger partial charge in [0.15, 0.2) is 0 Å². The first-order valence-electron chi connectivity index (χ1n) is 6.24. The molecule has 2 unspecified atom stereocenters. The molecule has 0 aliphatic carbocycles. The highest BCUT2D eigenvalue weighted by atomic mass is 15.2. The fourth-order valence-corrected chi connectivity index (χ4v) is 2.28. The molecule has 0 aromatic heterocycles. The fourth-order valence-electron chi connectivity index (χ4n) is 2.28. The predicted octanol–water partition coefficient (Wildman–Crippen LogP) is 3.79. The molecule has 0 amide bonds. The summed E-state index contributed by atoms with van der Waals surface area (Å²) in [6.45, 7) is 13.4. The summed E-state index contributed by atoms with van der Waals surface area (Å²) in [6, 6.07) is 1.56. The summed E-state index contributed by atoms with van der Waals surface area (Å²) in [7, 11) is 2.26. The zero-order valence-electron chi connectivity index (χ0n) is 11.2. The monoisotopic (exact) mass is 199 g/mol. The summed E-state index contributed by atoms with van der Waals surface area (Å²) < 4.78 is 0. The van der Waals surface area contributed by atoms with Gasteiger partial charge < -0.3 is 4.90 Å². The smallest absolute Gasteiger partial charge is 0.00694 e. The van der Waals surface area contributed by atoms with E-state index in [1.165, 1.54) is 12.8 Å². The van der Waals surface area contributed by atoms with Crippen LogP contribution in [0.5, 0.6) is 0 Å². The quantitative estimate of drug-likeness (QED) is 0.621. The third-order valence-electron chi connectivity index (χ3n) is 3.62. The molecular weight excluding hydrogens is 170 g/mol. The molecule has 0 radical (unpaired) electrons. The van der Waals surface area contributed by atoms with Crippen molar-refractivity contribution in [3.8, 4) is 0 Å². The topological polar surface area (TPSA) is 3.24 Å². The Labute approximate surface area is 90.9 Å². The Hall–Kier alpha value is -0.0400. The molecule has 1 heterocycles. The first-order chi connectivity index (χ1) is 6.52. The van der Waals surface area contributed by atoms with Crippen LogP contribution in [-0.2, 0) is 0 Å². The lowest BCUT2D eigenvalue weighted by molar-refractivity contribution is 0.0789. The summed E-state index contributed by atoms with van der Waals surface area (Å²) in [4.78, 5) is 2.51. The number of likely N-dealkylation sites (tertiary alicyclic amines) is 1. The Morgan fingerprint density at radius 3 is 1.64 bits per heavy atom. The van der Waals surface area contributed by atoms with Gasteiger partial charge in [-0.3, -0.25) is 0 Å². The standard InChI is InChI=1S/C11H23N.C2H6/c1-8(2)11-6-9(3)12(5)10(4)7-11;1-2/h8-11H,6-7H2,1-5H3;1-2H3. The molecule has 0 bridgehead atoms. The van der Waals surface area contributed by atoms with E-state index >= 15 is 0 Å². The molecule has 0 aromatic carbocycles. The minimum Gasteiger partial charge on any atom is -0.301 e. The van der Waals surface area contributed by atoms with Crippen molar-refractivity contribution >= 4 is 0 Å². The number of nitrogens with zero attached hydrogens (tertiary/aromatic N) is 1. The van der Waals surface area contributed by atoms with Crippen LogP contribution in [0.4, 0.5) is 0 Å². The molecule has 1 saturated heterocycles. The molecule has 2 atom stereocenters. The number of hydrogen-bond donors (Lipinski definition) is 0. The van der Waals surface area contributed by atoms with Gasteiger partial charge >= 0.3 is 0 Å². The van der Waals surface area contributed by atoms with Gasteiger partial charge in [0.05, 0.1) is 0 Å². The third-order valence-corrected chi connectivity index (χ3v) is 3.62. The SMILES string of the molecule is CC.CC(C)C1CC(C)N(C)C(C)C1. The molecule has 1 fully saturated rings. The first-order valence-corrected chi connectivity index (χ1v) is 6.24. The van der Waals surface area contributed by atoms with E-state index in [0.717, 1.165) is 23.9 Å². The van der Waals surface area contributed by atoms with Crippen LogP contribution in [0.2, 0.25) is 0 Å². The van der Waals surface area contributed by atoms with E-state index in [4.69, 9.17) is 0 Å². The first kappa shape index (κ1) is 14.0. The number of piperidine rings is 1. The Morgan fingerprint density at radius 1 is 1.00 bits per heavy atom. The molecule has 0 spiro atoms. The number of rotatable bonds is 1. The second-order valence-corrected chi connectivity index (χ2v) is 4.84. The van der Waals surface area contributed by atoms with Gasteiger partial charge in [-0.05, 0) is 45.6 Å². The summed E-state index contributed by atoms with van der Waals surface area (Å²) in [5.74, 6) is 1.81. The van der Waals surface area contributed by atoms with Crippen LogP contribution < -0.4 is 0 Å². The van der Waals surface area contributed by atoms with Crippen molar-refractivity contribution < 1.29 is 0 Å². The normalized spacial score (nSPS) is 33.9. The zero-order valence-corrected chi connectivity index (χ0v) is 11.2. The van der Waals surface area contributed by atoms with Crippen molar-refractivity contribution in [3.05, 3.63) is 0 Å². The fraction of sp³-hybridized carbons (Fsp3) is 1.00. The summed E-state index contributed by atoms with van der Waals surface area (Å²) in [5.41, 5.74) is 0. The molecule has 1 rings (SSSR count). The van der Waals surface area contributed by atoms with Crippen molar-refractivity contribution in [2.24, 2.45) is 11.8 Å². The van der Waals surface area contributed by atoms with Crippen molar-refractivity contribution in [1.29, 1.82) is 0 Å². The minimum atomic E-state index is 0.779. The van der Waals surface area contributed by atoms with E-state index in [0.29, 0.717) is 0 Å². The summed E-state index contributed by atoms with van der Waals surface area (Å²) >= 11 is 0. The van der Waals surface area contributed by atoms with E-state index < -0.39 is 0 Å². The largest absolute Gasteiger partial charge is 0.301 e. The highest BCUT2D eigenvalue weighted by Gasteiger charge is 2.29. The van der Waals surface area contributed by atoms with Crippen LogP contribution in [0.3, 0.4) is 0 Å². The zero-order chi connectivity index (χ0) is 11.3. The van der Waals surface area contributed by atoms with E-state index in [1.807, 2.05) is 13.8 Å². The van der Waals surface area contributed by atoms with Crippen LogP contribution in [-0.4, -0.2) is 24.0 Å². The van der Waals surface area contributed by atoms with E-state index in [9.17, 15) is 0 Å². The second-order valence-electron chi connectivity index (χ2n) is 4.84. The maximum absolute atomic E-state index is 2.51. The summed E-state index contributed by atoms with van der Waals surface area (Å²) in [6.07, 6.45) is 2.77. The van der Waals surface area contributed by atoms with Gasteiger partial charge in [-0.15, -0.1) is 0 Å². The Morgan fingerprint density at radius 2 is 1.36 bits per heavy atom. The van der Waals surface area contributed by atoms with Crippen LogP contribution in [0.15, 0.2) is 0 Å². The maximum Gasteiger partial charge on any atom is 0.00694 e. The van der Waals surface area contributed by atoms with Crippen LogP contribution in [0.25, 0.3) is 0 Å². The predicted molar refractivity (Wildman–Crippen MR) is 65.6 cm³/mol. The van der Waals surface area contributed by atoms with Crippen LogP contribution in [0, 0.1) is 11.8 Å². The number of hydrogen-bond acceptors (Lipinski definition) is 1. The van der Waals surface area contributed by atoms with Gasteiger partial charge in [0.2, 0.25) is 0 Å². The van der Waals surface area contributed by atoms with Crippen LogP contribution >= 0.6 is 0 Å². The second kappa shape index (κ2) is 6.44. The highest BCUT2D eigenvalue weighted by molar-refractivity contribution is 4.83. The lowest BCUT2D eigenvalue weighted by atomic mass is 9.80. The van der Waals surface area contributed by atoms with Gasteiger partial charge in [0.25, 0.3) is 0 Å². The van der Waals surface area contributed by atoms with Gasteiger partial charge in [0, 0.05) is 12.1 Å². The van der Waals surface area contributed by atoms with E-state index in [2.05, 4.69) is 39.6 Å². The molecule has 1 heteroatoms. The Balaban J connectivity index is 0.000000791. The molecule has 1 nitrogen and oxygen atoms in total. The van der Waals surface area contributed by atoms with Gasteiger partial charge in [0.1, 0.15) is 0 Å². The lowest BCUT2D eigenvalue weighted by Crippen LogP contribution is -2.44. The lowest BCUT2D eigenvalue weighted by Gasteiger charge is -2.41. The average molecular weight is 199 g/mol. The van der Waals surface area contributed by atoms with E-state index in [1.54, 1.807) is 0 Å². The molecule has 86 valence electrons. The highest BCUT2D eigenvalue weighted by Crippen LogP contribution is 2.31. The molecule has 1 aliphatic heterocycles. The molecular formula is C13H29N. The Kier molecular flexibility index (Phi) is 6.43. The maximum atomic E-state index is 2.51. The minimum absolute atomic E-state index is 0.779. The molecule has 0 aromatic rings. The molecule has 0 N–H and O–H groups in total.